The maximum Gasteiger partial charge on any atom is 0.0467 e. The normalized spacial score (nSPS) is 10.5. The quantitative estimate of drug-likeness (QED) is 0.694. The van der Waals surface area contributed by atoms with Crippen LogP contribution in [0, 0.1) is 6.92 Å². The van der Waals surface area contributed by atoms with Crippen LogP contribution in [-0.2, 0) is 11.9 Å². The van der Waals surface area contributed by atoms with Gasteiger partial charge in [-0.2, -0.15) is 0 Å². The Balaban J connectivity index is 2.22. The number of anilines is 1. The number of alkyl halides is 1. The van der Waals surface area contributed by atoms with Crippen LogP contribution < -0.4 is 4.90 Å². The van der Waals surface area contributed by atoms with E-state index in [4.69, 9.17) is 11.6 Å². The molecule has 0 fully saturated rings. The molecule has 0 aromatic heterocycles. The number of aryl methyl sites for hydroxylation is 1. The summed E-state index contributed by atoms with van der Waals surface area (Å²) < 4.78 is 0. The van der Waals surface area contributed by atoms with E-state index in [1.165, 1.54) is 16.8 Å². The van der Waals surface area contributed by atoms with E-state index >= 15 is 0 Å². The maximum absolute atomic E-state index is 6.24. The third-order valence-corrected chi connectivity index (χ3v) is 4.09. The van der Waals surface area contributed by atoms with Gasteiger partial charge in [0.15, 0.2) is 0 Å². The lowest BCUT2D eigenvalue weighted by molar-refractivity contribution is 0.916. The van der Waals surface area contributed by atoms with Crippen LogP contribution in [0.2, 0.25) is 5.02 Å². The van der Waals surface area contributed by atoms with Gasteiger partial charge in [0, 0.05) is 35.2 Å². The standard InChI is InChI=1S/C16H17BrClN/c1-12-6-8-13(9-7-12)11-19(2)16-5-3-4-15(18)14(16)10-17/h3-9H,10-11H2,1-2H3. The molecule has 0 unspecified atom stereocenters. The van der Waals surface area contributed by atoms with Gasteiger partial charge in [-0.05, 0) is 24.6 Å². The summed E-state index contributed by atoms with van der Waals surface area (Å²) in [4.78, 5) is 2.23. The summed E-state index contributed by atoms with van der Waals surface area (Å²) in [5, 5.41) is 1.57. The molecule has 0 amide bonds. The van der Waals surface area contributed by atoms with Gasteiger partial charge in [-0.1, -0.05) is 63.4 Å². The first kappa shape index (κ1) is 14.4. The van der Waals surface area contributed by atoms with Crippen molar-refractivity contribution in [1.29, 1.82) is 0 Å². The highest BCUT2D eigenvalue weighted by Gasteiger charge is 2.10. The number of rotatable bonds is 4. The molecule has 2 rings (SSSR count). The minimum absolute atomic E-state index is 0.764. The molecule has 0 N–H and O–H groups in total. The Hall–Kier alpha value is -0.990. The Labute approximate surface area is 128 Å². The Morgan fingerprint density at radius 2 is 1.79 bits per heavy atom. The van der Waals surface area contributed by atoms with Crippen molar-refractivity contribution in [2.75, 3.05) is 11.9 Å². The van der Waals surface area contributed by atoms with Crippen molar-refractivity contribution in [3.63, 3.8) is 0 Å². The minimum atomic E-state index is 0.764. The molecule has 0 spiro atoms. The highest BCUT2D eigenvalue weighted by atomic mass is 79.9. The predicted molar refractivity (Wildman–Crippen MR) is 87.4 cm³/mol. The zero-order valence-electron chi connectivity index (χ0n) is 11.2. The molecule has 2 aromatic rings. The van der Waals surface area contributed by atoms with Gasteiger partial charge < -0.3 is 4.90 Å². The molecule has 3 heteroatoms. The van der Waals surface area contributed by atoms with E-state index < -0.39 is 0 Å². The Morgan fingerprint density at radius 1 is 1.11 bits per heavy atom. The number of benzene rings is 2. The van der Waals surface area contributed by atoms with Crippen molar-refractivity contribution in [3.05, 3.63) is 64.2 Å². The number of halogens is 2. The Bertz CT molecular complexity index is 551. The second-order valence-electron chi connectivity index (χ2n) is 4.71. The molecular formula is C16H17BrClN. The average Bonchev–Trinajstić information content (AvgIpc) is 2.41. The molecule has 0 heterocycles. The first-order valence-corrected chi connectivity index (χ1v) is 7.72. The first-order chi connectivity index (χ1) is 9.11. The van der Waals surface area contributed by atoms with Gasteiger partial charge >= 0.3 is 0 Å². The lowest BCUT2D eigenvalue weighted by atomic mass is 10.1. The van der Waals surface area contributed by atoms with Crippen molar-refractivity contribution >= 4 is 33.2 Å². The second-order valence-corrected chi connectivity index (χ2v) is 5.68. The molecule has 0 aliphatic heterocycles. The molecule has 0 bridgehead atoms. The van der Waals surface area contributed by atoms with E-state index in [1.54, 1.807) is 0 Å². The van der Waals surface area contributed by atoms with Gasteiger partial charge in [0.25, 0.3) is 0 Å². The van der Waals surface area contributed by atoms with Crippen LogP contribution in [0.1, 0.15) is 16.7 Å². The van der Waals surface area contributed by atoms with Gasteiger partial charge in [0.1, 0.15) is 0 Å². The van der Waals surface area contributed by atoms with E-state index in [0.717, 1.165) is 22.5 Å². The number of nitrogens with zero attached hydrogens (tertiary/aromatic N) is 1. The van der Waals surface area contributed by atoms with Crippen molar-refractivity contribution < 1.29 is 0 Å². The molecule has 0 saturated carbocycles. The molecule has 0 atom stereocenters. The Morgan fingerprint density at radius 3 is 2.42 bits per heavy atom. The number of hydrogen-bond donors (Lipinski definition) is 0. The largest absolute Gasteiger partial charge is 0.370 e. The van der Waals surface area contributed by atoms with Crippen LogP contribution >= 0.6 is 27.5 Å². The van der Waals surface area contributed by atoms with Gasteiger partial charge in [0.05, 0.1) is 0 Å². The molecule has 0 aliphatic rings. The summed E-state index contributed by atoms with van der Waals surface area (Å²) >= 11 is 9.75. The summed E-state index contributed by atoms with van der Waals surface area (Å²) in [5.74, 6) is 0. The molecule has 2 aromatic carbocycles. The van der Waals surface area contributed by atoms with Gasteiger partial charge in [-0.3, -0.25) is 0 Å². The minimum Gasteiger partial charge on any atom is -0.370 e. The molecule has 0 radical (unpaired) electrons. The van der Waals surface area contributed by atoms with Gasteiger partial charge in [-0.25, -0.2) is 0 Å². The monoisotopic (exact) mass is 337 g/mol. The van der Waals surface area contributed by atoms with Crippen molar-refractivity contribution in [3.8, 4) is 0 Å². The van der Waals surface area contributed by atoms with E-state index in [0.29, 0.717) is 0 Å². The fourth-order valence-corrected chi connectivity index (χ4v) is 3.08. The zero-order valence-corrected chi connectivity index (χ0v) is 13.5. The SMILES string of the molecule is Cc1ccc(CN(C)c2cccc(Cl)c2CBr)cc1. The van der Waals surface area contributed by atoms with Crippen molar-refractivity contribution in [2.24, 2.45) is 0 Å². The van der Waals surface area contributed by atoms with Crippen LogP contribution in [0.3, 0.4) is 0 Å². The van der Waals surface area contributed by atoms with Crippen LogP contribution in [0.5, 0.6) is 0 Å². The van der Waals surface area contributed by atoms with Crippen LogP contribution in [0.4, 0.5) is 5.69 Å². The predicted octanol–water partition coefficient (Wildman–Crippen LogP) is 5.18. The second kappa shape index (κ2) is 6.44. The number of hydrogen-bond acceptors (Lipinski definition) is 1. The van der Waals surface area contributed by atoms with Crippen LogP contribution in [0.15, 0.2) is 42.5 Å². The third kappa shape index (κ3) is 3.52. The molecule has 100 valence electrons. The lowest BCUT2D eigenvalue weighted by Crippen LogP contribution is -2.17. The summed E-state index contributed by atoms with van der Waals surface area (Å²) in [6.07, 6.45) is 0. The molecule has 19 heavy (non-hydrogen) atoms. The highest BCUT2D eigenvalue weighted by molar-refractivity contribution is 9.08. The molecule has 1 nitrogen and oxygen atoms in total. The van der Waals surface area contributed by atoms with E-state index in [2.05, 4.69) is 65.1 Å². The van der Waals surface area contributed by atoms with E-state index in [9.17, 15) is 0 Å². The smallest absolute Gasteiger partial charge is 0.0467 e. The van der Waals surface area contributed by atoms with Gasteiger partial charge in [-0.15, -0.1) is 0 Å². The fraction of sp³-hybridized carbons (Fsp3) is 0.250. The summed E-state index contributed by atoms with van der Waals surface area (Å²) in [6, 6.07) is 14.7. The topological polar surface area (TPSA) is 3.24 Å². The fourth-order valence-electron chi connectivity index (χ4n) is 2.09. The average molecular weight is 339 g/mol. The molecular weight excluding hydrogens is 322 g/mol. The van der Waals surface area contributed by atoms with Gasteiger partial charge in [0.2, 0.25) is 0 Å². The Kier molecular flexibility index (Phi) is 4.89. The maximum atomic E-state index is 6.24. The van der Waals surface area contributed by atoms with Crippen LogP contribution in [-0.4, -0.2) is 7.05 Å². The van der Waals surface area contributed by atoms with E-state index in [1.807, 2.05) is 12.1 Å². The molecule has 0 aliphatic carbocycles. The van der Waals surface area contributed by atoms with Crippen molar-refractivity contribution in [2.45, 2.75) is 18.8 Å². The van der Waals surface area contributed by atoms with E-state index in [-0.39, 0.29) is 0 Å². The molecule has 0 saturated heterocycles. The summed E-state index contributed by atoms with van der Waals surface area (Å²) in [5.41, 5.74) is 4.90. The summed E-state index contributed by atoms with van der Waals surface area (Å²) in [6.45, 7) is 2.98. The van der Waals surface area contributed by atoms with Crippen molar-refractivity contribution in [1.82, 2.24) is 0 Å². The zero-order chi connectivity index (χ0) is 13.8. The first-order valence-electron chi connectivity index (χ1n) is 6.22. The third-order valence-electron chi connectivity index (χ3n) is 3.18. The lowest BCUT2D eigenvalue weighted by Gasteiger charge is -2.22. The highest BCUT2D eigenvalue weighted by Crippen LogP contribution is 2.29. The summed E-state index contributed by atoms with van der Waals surface area (Å²) in [7, 11) is 2.09. The van der Waals surface area contributed by atoms with Crippen LogP contribution in [0.25, 0.3) is 0 Å².